The normalized spacial score (nSPS) is 16.7. The van der Waals surface area contributed by atoms with Gasteiger partial charge in [0.2, 0.25) is 0 Å². The summed E-state index contributed by atoms with van der Waals surface area (Å²) < 4.78 is 10.5. The quantitative estimate of drug-likeness (QED) is 0.171. The van der Waals surface area contributed by atoms with Crippen molar-refractivity contribution in [2.75, 3.05) is 18.6 Å². The Morgan fingerprint density at radius 2 is 1.71 bits per heavy atom. The number of carbonyl (C=O) groups is 3. The Morgan fingerprint density at radius 3 is 2.34 bits per heavy atom. The summed E-state index contributed by atoms with van der Waals surface area (Å²) in [7, 11) is 1.44. The highest BCUT2D eigenvalue weighted by Crippen LogP contribution is 2.43. The summed E-state index contributed by atoms with van der Waals surface area (Å²) >= 11 is 6.14. The van der Waals surface area contributed by atoms with Gasteiger partial charge in [-0.25, -0.2) is 4.79 Å². The maximum absolute atomic E-state index is 13.4. The van der Waals surface area contributed by atoms with Crippen LogP contribution in [0.2, 0.25) is 5.02 Å². The van der Waals surface area contributed by atoms with Gasteiger partial charge < -0.3 is 14.6 Å². The Balaban J connectivity index is 1.82. The van der Waals surface area contributed by atoms with Crippen molar-refractivity contribution in [2.45, 2.75) is 26.8 Å². The number of anilines is 1. The molecule has 3 aromatic rings. The molecule has 1 saturated heterocycles. The third-order valence-corrected chi connectivity index (χ3v) is 6.47. The van der Waals surface area contributed by atoms with Gasteiger partial charge in [-0.15, -0.1) is 0 Å². The second-order valence-electron chi connectivity index (χ2n) is 9.47. The monoisotopic (exact) mass is 533 g/mol. The topological polar surface area (TPSA) is 93.1 Å². The van der Waals surface area contributed by atoms with Crippen LogP contribution in [0.3, 0.4) is 0 Å². The lowest BCUT2D eigenvalue weighted by molar-refractivity contribution is -0.132. The number of amides is 1. The Hall–Kier alpha value is -4.10. The average molecular weight is 534 g/mol. The number of hydrogen-bond donors (Lipinski definition) is 1. The summed E-state index contributed by atoms with van der Waals surface area (Å²) in [6, 6.07) is 17.4. The minimum absolute atomic E-state index is 0.0644. The van der Waals surface area contributed by atoms with Crippen LogP contribution in [-0.2, 0) is 14.3 Å². The fraction of sp³-hybridized carbons (Fsp3) is 0.233. The molecule has 3 aromatic carbocycles. The maximum Gasteiger partial charge on any atom is 0.338 e. The molecule has 1 heterocycles. The van der Waals surface area contributed by atoms with Gasteiger partial charge in [0.15, 0.2) is 0 Å². The predicted molar refractivity (Wildman–Crippen MR) is 146 cm³/mol. The molecule has 0 spiro atoms. The molecular weight excluding hydrogens is 506 g/mol. The Labute approximate surface area is 226 Å². The van der Waals surface area contributed by atoms with Gasteiger partial charge in [0.05, 0.1) is 35.9 Å². The van der Waals surface area contributed by atoms with E-state index in [1.807, 2.05) is 39.0 Å². The molecule has 7 nitrogen and oxygen atoms in total. The molecule has 0 radical (unpaired) electrons. The minimum atomic E-state index is -0.907. The molecule has 1 atom stereocenters. The number of benzene rings is 3. The van der Waals surface area contributed by atoms with Crippen LogP contribution in [0, 0.1) is 12.8 Å². The van der Waals surface area contributed by atoms with Crippen LogP contribution in [0.4, 0.5) is 5.69 Å². The van der Waals surface area contributed by atoms with Crippen molar-refractivity contribution in [3.8, 4) is 5.75 Å². The van der Waals surface area contributed by atoms with Crippen LogP contribution < -0.4 is 9.64 Å². The number of nitrogens with zero attached hydrogens (tertiary/aromatic N) is 1. The van der Waals surface area contributed by atoms with Crippen molar-refractivity contribution in [1.29, 1.82) is 0 Å². The highest BCUT2D eigenvalue weighted by molar-refractivity contribution is 6.51. The Bertz CT molecular complexity index is 1430. The number of rotatable bonds is 7. The van der Waals surface area contributed by atoms with E-state index in [1.165, 1.54) is 18.1 Å². The summed E-state index contributed by atoms with van der Waals surface area (Å²) in [6.07, 6.45) is 0. The second kappa shape index (κ2) is 11.1. The largest absolute Gasteiger partial charge is 0.507 e. The van der Waals surface area contributed by atoms with Gasteiger partial charge in [-0.05, 0) is 60.9 Å². The highest BCUT2D eigenvalue weighted by Gasteiger charge is 2.47. The first kappa shape index (κ1) is 26.9. The number of ether oxygens (including phenoxy) is 2. The Kier molecular flexibility index (Phi) is 7.88. The molecule has 196 valence electrons. The molecule has 8 heteroatoms. The van der Waals surface area contributed by atoms with E-state index in [-0.39, 0.29) is 29.4 Å². The SMILES string of the molecule is COc1cc(/C(O)=C2/C(=O)C(=O)N(c3ccc(C(=O)OCC(C)C)cc3)C2c2cccc(C)c2)ccc1Cl. The van der Waals surface area contributed by atoms with Gasteiger partial charge >= 0.3 is 5.97 Å². The van der Waals surface area contributed by atoms with Crippen LogP contribution >= 0.6 is 11.6 Å². The van der Waals surface area contributed by atoms with E-state index in [2.05, 4.69) is 0 Å². The zero-order valence-corrected chi connectivity index (χ0v) is 22.3. The number of hydrogen-bond acceptors (Lipinski definition) is 6. The molecule has 1 N–H and O–H groups in total. The van der Waals surface area contributed by atoms with Crippen molar-refractivity contribution in [3.05, 3.63) is 99.6 Å². The lowest BCUT2D eigenvalue weighted by Crippen LogP contribution is -2.29. The number of aliphatic hydroxyl groups excluding tert-OH is 1. The first-order valence-electron chi connectivity index (χ1n) is 12.1. The second-order valence-corrected chi connectivity index (χ2v) is 9.88. The van der Waals surface area contributed by atoms with Gasteiger partial charge in [0.1, 0.15) is 11.5 Å². The molecule has 1 aliphatic heterocycles. The first-order chi connectivity index (χ1) is 18.1. The molecule has 0 aromatic heterocycles. The van der Waals surface area contributed by atoms with Crippen molar-refractivity contribution < 1.29 is 29.0 Å². The number of ketones is 1. The molecule has 0 aliphatic carbocycles. The number of carbonyl (C=O) groups excluding carboxylic acids is 3. The van der Waals surface area contributed by atoms with E-state index < -0.39 is 23.7 Å². The third-order valence-electron chi connectivity index (χ3n) is 6.16. The van der Waals surface area contributed by atoms with E-state index in [0.29, 0.717) is 27.6 Å². The Morgan fingerprint density at radius 1 is 1.03 bits per heavy atom. The number of methoxy groups -OCH3 is 1. The smallest absolute Gasteiger partial charge is 0.338 e. The molecule has 1 aliphatic rings. The molecule has 0 bridgehead atoms. The predicted octanol–water partition coefficient (Wildman–Crippen LogP) is 6.10. The number of aryl methyl sites for hydroxylation is 1. The van der Waals surface area contributed by atoms with Gasteiger partial charge in [-0.3, -0.25) is 14.5 Å². The molecule has 38 heavy (non-hydrogen) atoms. The van der Waals surface area contributed by atoms with Crippen LogP contribution in [0.15, 0.2) is 72.3 Å². The van der Waals surface area contributed by atoms with Crippen LogP contribution in [0.25, 0.3) is 5.76 Å². The van der Waals surface area contributed by atoms with Gasteiger partial charge in [0, 0.05) is 11.3 Å². The zero-order valence-electron chi connectivity index (χ0n) is 21.5. The lowest BCUT2D eigenvalue weighted by atomic mass is 9.94. The van der Waals surface area contributed by atoms with Crippen molar-refractivity contribution in [1.82, 2.24) is 0 Å². The fourth-order valence-electron chi connectivity index (χ4n) is 4.30. The van der Waals surface area contributed by atoms with Gasteiger partial charge in [0.25, 0.3) is 11.7 Å². The van der Waals surface area contributed by atoms with Crippen LogP contribution in [0.5, 0.6) is 5.75 Å². The van der Waals surface area contributed by atoms with Crippen molar-refractivity contribution in [3.63, 3.8) is 0 Å². The summed E-state index contributed by atoms with van der Waals surface area (Å²) in [4.78, 5) is 40.5. The number of esters is 1. The number of Topliss-reactive ketones (excluding diaryl/α,β-unsaturated/α-hetero) is 1. The zero-order chi connectivity index (χ0) is 27.6. The number of halogens is 1. The summed E-state index contributed by atoms with van der Waals surface area (Å²) in [5.74, 6) is -1.94. The lowest BCUT2D eigenvalue weighted by Gasteiger charge is -2.26. The van der Waals surface area contributed by atoms with Gasteiger partial charge in [-0.1, -0.05) is 55.3 Å². The first-order valence-corrected chi connectivity index (χ1v) is 12.5. The molecule has 0 saturated carbocycles. The summed E-state index contributed by atoms with van der Waals surface area (Å²) in [6.45, 7) is 6.08. The van der Waals surface area contributed by atoms with Gasteiger partial charge in [-0.2, -0.15) is 0 Å². The third kappa shape index (κ3) is 5.29. The van der Waals surface area contributed by atoms with Crippen LogP contribution in [-0.4, -0.2) is 36.5 Å². The van der Waals surface area contributed by atoms with E-state index >= 15 is 0 Å². The van der Waals surface area contributed by atoms with Crippen molar-refractivity contribution >= 4 is 40.7 Å². The molecule has 1 unspecified atom stereocenters. The fourth-order valence-corrected chi connectivity index (χ4v) is 4.50. The van der Waals surface area contributed by atoms with Crippen LogP contribution in [0.1, 0.15) is 46.9 Å². The maximum atomic E-state index is 13.4. The van der Waals surface area contributed by atoms with E-state index in [4.69, 9.17) is 21.1 Å². The number of aliphatic hydroxyl groups is 1. The minimum Gasteiger partial charge on any atom is -0.507 e. The standard InChI is InChI=1S/C30H28ClNO6/c1-17(2)16-38-30(36)19-8-11-22(12-9-19)32-26(20-7-5-6-18(3)14-20)25(28(34)29(32)35)27(33)21-10-13-23(31)24(15-21)37-4/h5-15,17,26,33H,16H2,1-4H3/b27-25-. The molecule has 1 amide bonds. The molecular formula is C30H28ClNO6. The van der Waals surface area contributed by atoms with Crippen molar-refractivity contribution in [2.24, 2.45) is 5.92 Å². The molecule has 4 rings (SSSR count). The summed E-state index contributed by atoms with van der Waals surface area (Å²) in [5.41, 5.74) is 2.50. The van der Waals surface area contributed by atoms with E-state index in [9.17, 15) is 19.5 Å². The van der Waals surface area contributed by atoms with E-state index in [0.717, 1.165) is 5.56 Å². The highest BCUT2D eigenvalue weighted by atomic mass is 35.5. The van der Waals surface area contributed by atoms with E-state index in [1.54, 1.807) is 42.5 Å². The summed E-state index contributed by atoms with van der Waals surface area (Å²) in [5, 5.41) is 11.7. The average Bonchev–Trinajstić information content (AvgIpc) is 3.17. The molecule has 1 fully saturated rings.